The highest BCUT2D eigenvalue weighted by Gasteiger charge is 2.29. The van der Waals surface area contributed by atoms with Gasteiger partial charge in [0.25, 0.3) is 0 Å². The van der Waals surface area contributed by atoms with Crippen LogP contribution in [0.15, 0.2) is 17.8 Å². The maximum absolute atomic E-state index is 4.75. The van der Waals surface area contributed by atoms with Crippen LogP contribution in [-0.4, -0.2) is 22.0 Å². The zero-order valence-corrected chi connectivity index (χ0v) is 13.3. The molecule has 0 radical (unpaired) electrons. The molecule has 0 aliphatic heterocycles. The van der Waals surface area contributed by atoms with E-state index in [-0.39, 0.29) is 0 Å². The highest BCUT2D eigenvalue weighted by Crippen LogP contribution is 2.33. The lowest BCUT2D eigenvalue weighted by molar-refractivity contribution is 0.347. The lowest BCUT2D eigenvalue weighted by Crippen LogP contribution is -2.37. The number of hydrogen-bond donors (Lipinski definition) is 1. The summed E-state index contributed by atoms with van der Waals surface area (Å²) >= 11 is 1.72. The first-order valence-electron chi connectivity index (χ1n) is 7.90. The predicted molar refractivity (Wildman–Crippen MR) is 85.4 cm³/mol. The second-order valence-corrected chi connectivity index (χ2v) is 7.14. The molecule has 0 bridgehead atoms. The Morgan fingerprint density at radius 2 is 2.40 bits per heavy atom. The molecule has 1 aliphatic carbocycles. The minimum atomic E-state index is 0.601. The summed E-state index contributed by atoms with van der Waals surface area (Å²) in [6.07, 6.45) is 10.7. The molecule has 1 aliphatic rings. The molecule has 0 saturated heterocycles. The first kappa shape index (κ1) is 14.1. The molecule has 1 fully saturated rings. The molecular weight excluding hydrogens is 266 g/mol. The van der Waals surface area contributed by atoms with Gasteiger partial charge in [-0.3, -0.25) is 4.40 Å². The van der Waals surface area contributed by atoms with E-state index in [2.05, 4.69) is 41.3 Å². The fourth-order valence-electron chi connectivity index (χ4n) is 3.45. The average molecular weight is 291 g/mol. The zero-order valence-electron chi connectivity index (χ0n) is 12.5. The summed E-state index contributed by atoms with van der Waals surface area (Å²) in [7, 11) is 0. The monoisotopic (exact) mass is 291 g/mol. The van der Waals surface area contributed by atoms with E-state index in [1.54, 1.807) is 11.3 Å². The third kappa shape index (κ3) is 3.07. The average Bonchev–Trinajstić information content (AvgIpc) is 3.09. The fourth-order valence-corrected chi connectivity index (χ4v) is 4.17. The van der Waals surface area contributed by atoms with Crippen LogP contribution in [0.3, 0.4) is 0 Å². The van der Waals surface area contributed by atoms with Crippen molar-refractivity contribution in [1.29, 1.82) is 0 Å². The third-order valence-electron chi connectivity index (χ3n) is 4.53. The van der Waals surface area contributed by atoms with Gasteiger partial charge in [0.05, 0.1) is 5.69 Å². The van der Waals surface area contributed by atoms with E-state index in [9.17, 15) is 0 Å². The van der Waals surface area contributed by atoms with Gasteiger partial charge in [0.1, 0.15) is 0 Å². The highest BCUT2D eigenvalue weighted by atomic mass is 32.1. The van der Waals surface area contributed by atoms with Gasteiger partial charge < -0.3 is 5.32 Å². The topological polar surface area (TPSA) is 29.3 Å². The van der Waals surface area contributed by atoms with E-state index < -0.39 is 0 Å². The van der Waals surface area contributed by atoms with E-state index in [4.69, 9.17) is 4.98 Å². The van der Waals surface area contributed by atoms with Crippen molar-refractivity contribution in [3.63, 3.8) is 0 Å². The Kier molecular flexibility index (Phi) is 4.41. The largest absolute Gasteiger partial charge is 0.313 e. The van der Waals surface area contributed by atoms with E-state index in [0.29, 0.717) is 6.04 Å². The standard InChI is InChI=1S/C16H25N3S/c1-3-6-17-15(13-5-4-12(2)9-13)10-14-11-19-7-8-20-16(19)18-14/h7-8,11-13,15,17H,3-6,9-10H2,1-2H3. The van der Waals surface area contributed by atoms with Crippen molar-refractivity contribution >= 4 is 16.3 Å². The van der Waals surface area contributed by atoms with Crippen LogP contribution in [-0.2, 0) is 6.42 Å². The number of fused-ring (bicyclic) bond motifs is 1. The highest BCUT2D eigenvalue weighted by molar-refractivity contribution is 7.15. The van der Waals surface area contributed by atoms with Gasteiger partial charge in [-0.05, 0) is 37.6 Å². The number of nitrogens with zero attached hydrogens (tertiary/aromatic N) is 2. The van der Waals surface area contributed by atoms with Crippen molar-refractivity contribution in [2.75, 3.05) is 6.54 Å². The molecule has 0 spiro atoms. The van der Waals surface area contributed by atoms with Crippen molar-refractivity contribution in [2.45, 2.75) is 52.0 Å². The van der Waals surface area contributed by atoms with E-state index in [0.717, 1.165) is 29.8 Å². The van der Waals surface area contributed by atoms with Crippen LogP contribution < -0.4 is 5.32 Å². The summed E-state index contributed by atoms with van der Waals surface area (Å²) in [6.45, 7) is 5.76. The Bertz CT molecular complexity index is 516. The molecule has 3 atom stereocenters. The maximum atomic E-state index is 4.75. The molecule has 3 unspecified atom stereocenters. The van der Waals surface area contributed by atoms with Gasteiger partial charge in [0.15, 0.2) is 4.96 Å². The van der Waals surface area contributed by atoms with Crippen LogP contribution >= 0.6 is 11.3 Å². The van der Waals surface area contributed by atoms with Crippen LogP contribution in [0.1, 0.15) is 45.2 Å². The van der Waals surface area contributed by atoms with Crippen molar-refractivity contribution in [3.8, 4) is 0 Å². The molecular formula is C16H25N3S. The minimum absolute atomic E-state index is 0.601. The predicted octanol–water partition coefficient (Wildman–Crippen LogP) is 3.74. The molecule has 2 aromatic rings. The molecule has 0 amide bonds. The Labute approximate surface area is 125 Å². The first-order valence-corrected chi connectivity index (χ1v) is 8.78. The summed E-state index contributed by atoms with van der Waals surface area (Å²) in [5.74, 6) is 1.73. The molecule has 3 rings (SSSR count). The van der Waals surface area contributed by atoms with Gasteiger partial charge in [0.2, 0.25) is 0 Å². The molecule has 2 heterocycles. The number of thiazole rings is 1. The Hall–Kier alpha value is -0.870. The number of rotatable bonds is 6. The third-order valence-corrected chi connectivity index (χ3v) is 5.30. The molecule has 2 aromatic heterocycles. The Balaban J connectivity index is 1.70. The van der Waals surface area contributed by atoms with Gasteiger partial charge in [-0.2, -0.15) is 0 Å². The molecule has 3 nitrogen and oxygen atoms in total. The van der Waals surface area contributed by atoms with Crippen molar-refractivity contribution in [2.24, 2.45) is 11.8 Å². The van der Waals surface area contributed by atoms with Crippen LogP contribution in [0.2, 0.25) is 0 Å². The zero-order chi connectivity index (χ0) is 13.9. The van der Waals surface area contributed by atoms with Gasteiger partial charge in [-0.15, -0.1) is 11.3 Å². The van der Waals surface area contributed by atoms with Crippen molar-refractivity contribution in [1.82, 2.24) is 14.7 Å². The Morgan fingerprint density at radius 3 is 3.10 bits per heavy atom. The van der Waals surface area contributed by atoms with Gasteiger partial charge >= 0.3 is 0 Å². The Morgan fingerprint density at radius 1 is 1.50 bits per heavy atom. The summed E-state index contributed by atoms with van der Waals surface area (Å²) < 4.78 is 2.15. The number of aromatic nitrogens is 2. The molecule has 1 saturated carbocycles. The van der Waals surface area contributed by atoms with Crippen molar-refractivity contribution in [3.05, 3.63) is 23.5 Å². The summed E-state index contributed by atoms with van der Waals surface area (Å²) in [6, 6.07) is 0.601. The fraction of sp³-hybridized carbons (Fsp3) is 0.688. The lowest BCUT2D eigenvalue weighted by atomic mass is 9.93. The van der Waals surface area contributed by atoms with Crippen LogP contribution in [0.25, 0.3) is 4.96 Å². The molecule has 4 heteroatoms. The maximum Gasteiger partial charge on any atom is 0.193 e. The minimum Gasteiger partial charge on any atom is -0.313 e. The summed E-state index contributed by atoms with van der Waals surface area (Å²) in [4.78, 5) is 5.87. The van der Waals surface area contributed by atoms with E-state index >= 15 is 0 Å². The second-order valence-electron chi connectivity index (χ2n) is 6.27. The first-order chi connectivity index (χ1) is 9.76. The second kappa shape index (κ2) is 6.27. The van der Waals surface area contributed by atoms with Gasteiger partial charge in [-0.25, -0.2) is 4.98 Å². The lowest BCUT2D eigenvalue weighted by Gasteiger charge is -2.24. The number of imidazole rings is 1. The van der Waals surface area contributed by atoms with Crippen molar-refractivity contribution < 1.29 is 0 Å². The quantitative estimate of drug-likeness (QED) is 0.878. The number of hydrogen-bond acceptors (Lipinski definition) is 3. The summed E-state index contributed by atoms with van der Waals surface area (Å²) in [5.41, 5.74) is 1.24. The number of nitrogens with one attached hydrogen (secondary N) is 1. The smallest absolute Gasteiger partial charge is 0.193 e. The SMILES string of the molecule is CCCNC(Cc1cn2ccsc2n1)C1CCC(C)C1. The van der Waals surface area contributed by atoms with E-state index in [1.807, 2.05) is 0 Å². The van der Waals surface area contributed by atoms with Gasteiger partial charge in [0, 0.05) is 30.2 Å². The molecule has 110 valence electrons. The summed E-state index contributed by atoms with van der Waals surface area (Å²) in [5, 5.41) is 5.87. The van der Waals surface area contributed by atoms with Crippen LogP contribution in [0.4, 0.5) is 0 Å². The van der Waals surface area contributed by atoms with Crippen LogP contribution in [0.5, 0.6) is 0 Å². The normalized spacial score (nSPS) is 24.5. The van der Waals surface area contributed by atoms with Crippen LogP contribution in [0, 0.1) is 11.8 Å². The molecule has 1 N–H and O–H groups in total. The molecule has 0 aromatic carbocycles. The van der Waals surface area contributed by atoms with Gasteiger partial charge in [-0.1, -0.05) is 20.3 Å². The van der Waals surface area contributed by atoms with E-state index in [1.165, 1.54) is 31.4 Å². The molecule has 20 heavy (non-hydrogen) atoms.